The minimum atomic E-state index is -0.720. The van der Waals surface area contributed by atoms with Crippen LogP contribution in [0, 0.1) is 5.82 Å². The van der Waals surface area contributed by atoms with E-state index in [4.69, 9.17) is 5.02 Å². The number of benzene rings is 1. The van der Waals surface area contributed by atoms with Crippen molar-refractivity contribution in [1.29, 1.82) is 0 Å². The second kappa shape index (κ2) is 4.62. The predicted octanol–water partition coefficient (Wildman–Crippen LogP) is 0.250. The van der Waals surface area contributed by atoms with E-state index in [1.807, 2.05) is 0 Å². The molecule has 1 aromatic carbocycles. The molecule has 0 spiro atoms. The molecule has 1 aromatic rings. The van der Waals surface area contributed by atoms with Gasteiger partial charge in [0.05, 0.1) is 12.7 Å². The van der Waals surface area contributed by atoms with E-state index in [1.165, 1.54) is 19.2 Å². The molecule has 1 rings (SSSR count). The lowest BCUT2D eigenvalue weighted by Crippen LogP contribution is -2.05. The molecule has 0 bridgehead atoms. The van der Waals surface area contributed by atoms with E-state index >= 15 is 0 Å². The highest BCUT2D eigenvalue weighted by Crippen LogP contribution is 2.18. The molecule has 0 atom stereocenters. The van der Waals surface area contributed by atoms with E-state index < -0.39 is 19.5 Å². The maximum Gasteiger partial charge on any atom is 0.504 e. The molecular formula is C8H8BFO4. The highest BCUT2D eigenvalue weighted by molar-refractivity contribution is 6.17. The van der Waals surface area contributed by atoms with Gasteiger partial charge in [0.25, 0.3) is 0 Å². The second-order valence-corrected chi connectivity index (χ2v) is 2.41. The average Bonchev–Trinajstić information content (AvgIpc) is 2.20. The summed E-state index contributed by atoms with van der Waals surface area (Å²) >= 11 is 0. The fraction of sp³-hybridized carbons (Fsp3) is 0.125. The van der Waals surface area contributed by atoms with Crippen LogP contribution in [0.1, 0.15) is 10.4 Å². The van der Waals surface area contributed by atoms with Gasteiger partial charge in [-0.15, -0.1) is 0 Å². The van der Waals surface area contributed by atoms with Gasteiger partial charge in [-0.2, -0.15) is 0 Å². The molecule has 0 amide bonds. The number of carbonyl (C=O) groups excluding carboxylic acids is 1. The van der Waals surface area contributed by atoms with Crippen LogP contribution in [0.5, 0.6) is 5.75 Å². The standard InChI is InChI=1S/C8H8BFO4/c1-13-8(11)5-2-3-7(14-9-12)6(10)4-5/h2-4,9,12H,1H3. The summed E-state index contributed by atoms with van der Waals surface area (Å²) < 4.78 is 22.0. The SMILES string of the molecule is COC(=O)c1ccc(OBO)c(F)c1. The molecule has 0 heterocycles. The molecule has 0 aromatic heterocycles. The Morgan fingerprint density at radius 1 is 1.57 bits per heavy atom. The summed E-state index contributed by atoms with van der Waals surface area (Å²) in [6.07, 6.45) is 0. The topological polar surface area (TPSA) is 55.8 Å². The molecule has 6 heteroatoms. The van der Waals surface area contributed by atoms with Crippen molar-refractivity contribution in [2.24, 2.45) is 0 Å². The summed E-state index contributed by atoms with van der Waals surface area (Å²) in [6.45, 7) is 0. The zero-order valence-electron chi connectivity index (χ0n) is 7.49. The van der Waals surface area contributed by atoms with Crippen LogP contribution < -0.4 is 4.65 Å². The first-order valence-electron chi connectivity index (χ1n) is 3.80. The lowest BCUT2D eigenvalue weighted by molar-refractivity contribution is 0.0600. The van der Waals surface area contributed by atoms with Crippen LogP contribution in [-0.2, 0) is 4.74 Å². The van der Waals surface area contributed by atoms with Gasteiger partial charge in [0.15, 0.2) is 5.82 Å². The van der Waals surface area contributed by atoms with E-state index in [0.717, 1.165) is 6.07 Å². The Bertz CT molecular complexity index is 342. The average molecular weight is 198 g/mol. The van der Waals surface area contributed by atoms with Crippen LogP contribution in [0.4, 0.5) is 4.39 Å². The van der Waals surface area contributed by atoms with Crippen molar-refractivity contribution in [2.45, 2.75) is 0 Å². The summed E-state index contributed by atoms with van der Waals surface area (Å²) in [6, 6.07) is 3.58. The molecule has 0 aliphatic rings. The molecule has 1 N–H and O–H groups in total. The minimum Gasteiger partial charge on any atom is -0.537 e. The minimum absolute atomic E-state index is 0.0929. The summed E-state index contributed by atoms with van der Waals surface area (Å²) in [4.78, 5) is 11.0. The van der Waals surface area contributed by atoms with Crippen LogP contribution in [0.3, 0.4) is 0 Å². The van der Waals surface area contributed by atoms with Crippen molar-refractivity contribution in [3.8, 4) is 5.75 Å². The number of carbonyl (C=O) groups is 1. The Morgan fingerprint density at radius 2 is 2.29 bits per heavy atom. The first-order valence-corrected chi connectivity index (χ1v) is 3.80. The Hall–Kier alpha value is -1.56. The van der Waals surface area contributed by atoms with Gasteiger partial charge >= 0.3 is 13.7 Å². The van der Waals surface area contributed by atoms with Gasteiger partial charge in [0.1, 0.15) is 5.75 Å². The second-order valence-electron chi connectivity index (χ2n) is 2.41. The third-order valence-corrected chi connectivity index (χ3v) is 1.57. The number of hydrogen-bond donors (Lipinski definition) is 1. The maximum atomic E-state index is 13.1. The molecule has 0 aliphatic heterocycles. The van der Waals surface area contributed by atoms with Gasteiger partial charge in [0.2, 0.25) is 0 Å². The fourth-order valence-corrected chi connectivity index (χ4v) is 0.932. The molecule has 0 aliphatic carbocycles. The lowest BCUT2D eigenvalue weighted by Gasteiger charge is -2.04. The Balaban J connectivity index is 2.94. The highest BCUT2D eigenvalue weighted by atomic mass is 19.1. The highest BCUT2D eigenvalue weighted by Gasteiger charge is 2.10. The predicted molar refractivity (Wildman–Crippen MR) is 47.7 cm³/mol. The summed E-state index contributed by atoms with van der Waals surface area (Å²) in [7, 11) is 0.590. The van der Waals surface area contributed by atoms with Gasteiger partial charge in [-0.3, -0.25) is 0 Å². The quantitative estimate of drug-likeness (QED) is 0.558. The Kier molecular flexibility index (Phi) is 3.47. The lowest BCUT2D eigenvalue weighted by atomic mass is 10.2. The van der Waals surface area contributed by atoms with Gasteiger partial charge in [-0.1, -0.05) is 0 Å². The van der Waals surface area contributed by atoms with Gasteiger partial charge in [-0.25, -0.2) is 9.18 Å². The zero-order chi connectivity index (χ0) is 10.6. The van der Waals surface area contributed by atoms with Crippen LogP contribution in [0.15, 0.2) is 18.2 Å². The number of methoxy groups -OCH3 is 1. The van der Waals surface area contributed by atoms with E-state index in [1.54, 1.807) is 0 Å². The van der Waals surface area contributed by atoms with Crippen molar-refractivity contribution >= 4 is 13.7 Å². The molecule has 0 saturated heterocycles. The first kappa shape index (κ1) is 10.5. The van der Waals surface area contributed by atoms with Crippen LogP contribution in [0.25, 0.3) is 0 Å². The van der Waals surface area contributed by atoms with Crippen LogP contribution in [0.2, 0.25) is 0 Å². The van der Waals surface area contributed by atoms with Crippen molar-refractivity contribution in [3.63, 3.8) is 0 Å². The van der Waals surface area contributed by atoms with Crippen molar-refractivity contribution in [1.82, 2.24) is 0 Å². The number of rotatable bonds is 3. The molecule has 0 saturated carbocycles. The number of hydrogen-bond acceptors (Lipinski definition) is 4. The molecule has 0 radical (unpaired) electrons. The molecular weight excluding hydrogens is 190 g/mol. The molecule has 74 valence electrons. The van der Waals surface area contributed by atoms with Crippen LogP contribution in [-0.4, -0.2) is 25.8 Å². The Labute approximate surface area is 80.6 Å². The maximum absolute atomic E-state index is 13.1. The molecule has 14 heavy (non-hydrogen) atoms. The molecule has 0 unspecified atom stereocenters. The zero-order valence-corrected chi connectivity index (χ0v) is 7.49. The smallest absolute Gasteiger partial charge is 0.504 e. The van der Waals surface area contributed by atoms with E-state index in [0.29, 0.717) is 0 Å². The third-order valence-electron chi connectivity index (χ3n) is 1.57. The number of esters is 1. The fourth-order valence-electron chi connectivity index (χ4n) is 0.932. The van der Waals surface area contributed by atoms with E-state index in [2.05, 4.69) is 9.39 Å². The van der Waals surface area contributed by atoms with Gasteiger partial charge < -0.3 is 14.4 Å². The Morgan fingerprint density at radius 3 is 2.79 bits per heavy atom. The summed E-state index contributed by atoms with van der Waals surface area (Å²) in [5.74, 6) is -1.46. The number of ether oxygens (including phenoxy) is 1. The van der Waals surface area contributed by atoms with Crippen molar-refractivity contribution in [2.75, 3.05) is 7.11 Å². The summed E-state index contributed by atoms with van der Waals surface area (Å²) in [5, 5.41) is 8.39. The van der Waals surface area contributed by atoms with Gasteiger partial charge in [0, 0.05) is 0 Å². The monoisotopic (exact) mass is 198 g/mol. The third kappa shape index (κ3) is 2.23. The van der Waals surface area contributed by atoms with E-state index in [9.17, 15) is 9.18 Å². The molecule has 0 fully saturated rings. The van der Waals surface area contributed by atoms with Gasteiger partial charge in [-0.05, 0) is 18.2 Å². The van der Waals surface area contributed by atoms with E-state index in [-0.39, 0.29) is 11.3 Å². The van der Waals surface area contributed by atoms with Crippen molar-refractivity contribution < 1.29 is 23.6 Å². The molecule has 4 nitrogen and oxygen atoms in total. The first-order chi connectivity index (χ1) is 6.69. The van der Waals surface area contributed by atoms with Crippen LogP contribution >= 0.6 is 0 Å². The summed E-state index contributed by atoms with van der Waals surface area (Å²) in [5.41, 5.74) is 0.0929. The largest absolute Gasteiger partial charge is 0.537 e. The number of halogens is 1. The normalized spacial score (nSPS) is 9.36. The van der Waals surface area contributed by atoms with Crippen molar-refractivity contribution in [3.05, 3.63) is 29.6 Å².